The summed E-state index contributed by atoms with van der Waals surface area (Å²) in [6.07, 6.45) is 1.53. The van der Waals surface area contributed by atoms with Crippen LogP contribution in [0.2, 0.25) is 0 Å². The number of ether oxygens (including phenoxy) is 1. The van der Waals surface area contributed by atoms with E-state index in [0.717, 1.165) is 10.0 Å². The zero-order valence-corrected chi connectivity index (χ0v) is 11.3. The lowest BCUT2D eigenvalue weighted by atomic mass is 10.1. The lowest BCUT2D eigenvalue weighted by molar-refractivity contribution is -0.139. The number of carbonyl (C=O) groups excluding carboxylic acids is 2. The molecule has 0 spiro atoms. The van der Waals surface area contributed by atoms with Gasteiger partial charge in [0.25, 0.3) is 0 Å². The van der Waals surface area contributed by atoms with Crippen LogP contribution in [0.1, 0.15) is 19.4 Å². The molecule has 0 saturated heterocycles. The second-order valence-corrected chi connectivity index (χ2v) is 4.30. The summed E-state index contributed by atoms with van der Waals surface area (Å²) in [5, 5.41) is 0. The topological polar surface area (TPSA) is 43.4 Å². The molecule has 17 heavy (non-hydrogen) atoms. The largest absolute Gasteiger partial charge is 0.462 e. The summed E-state index contributed by atoms with van der Waals surface area (Å²) in [5.74, 6) is -0.880. The molecule has 4 heteroatoms. The molecule has 0 aliphatic heterocycles. The minimum Gasteiger partial charge on any atom is -0.462 e. The number of carbonyl (C=O) groups is 2. The van der Waals surface area contributed by atoms with Gasteiger partial charge in [-0.2, -0.15) is 0 Å². The maximum absolute atomic E-state index is 11.5. The van der Waals surface area contributed by atoms with Crippen molar-refractivity contribution in [2.24, 2.45) is 0 Å². The molecule has 0 fully saturated rings. The quantitative estimate of drug-likeness (QED) is 0.371. The highest BCUT2D eigenvalue weighted by atomic mass is 79.9. The van der Waals surface area contributed by atoms with Gasteiger partial charge in [-0.1, -0.05) is 28.1 Å². The molecule has 0 aliphatic rings. The number of hydrogen-bond acceptors (Lipinski definition) is 3. The monoisotopic (exact) mass is 296 g/mol. The highest BCUT2D eigenvalue weighted by Gasteiger charge is 2.15. The van der Waals surface area contributed by atoms with Crippen molar-refractivity contribution in [3.8, 4) is 0 Å². The summed E-state index contributed by atoms with van der Waals surface area (Å²) < 4.78 is 5.76. The number of Topliss-reactive ketones (excluding diaryl/α,β-unsaturated/α-hetero) is 1. The fraction of sp³-hybridized carbons (Fsp3) is 0.231. The van der Waals surface area contributed by atoms with Gasteiger partial charge >= 0.3 is 5.97 Å². The molecule has 0 saturated carbocycles. The first-order valence-electron chi connectivity index (χ1n) is 5.20. The molecule has 0 aromatic heterocycles. The first-order valence-corrected chi connectivity index (χ1v) is 5.99. The average molecular weight is 297 g/mol. The summed E-state index contributed by atoms with van der Waals surface area (Å²) in [6, 6.07) is 7.31. The van der Waals surface area contributed by atoms with Gasteiger partial charge in [0.05, 0.1) is 6.61 Å². The van der Waals surface area contributed by atoms with E-state index in [4.69, 9.17) is 4.74 Å². The van der Waals surface area contributed by atoms with E-state index in [0.29, 0.717) is 0 Å². The summed E-state index contributed by atoms with van der Waals surface area (Å²) in [4.78, 5) is 22.9. The molecule has 0 unspecified atom stereocenters. The Kier molecular flexibility index (Phi) is 5.10. The van der Waals surface area contributed by atoms with Gasteiger partial charge in [0.15, 0.2) is 5.78 Å². The van der Waals surface area contributed by atoms with Crippen LogP contribution in [0.4, 0.5) is 0 Å². The maximum atomic E-state index is 11.5. The number of esters is 1. The minimum atomic E-state index is -0.581. The number of rotatable bonds is 4. The van der Waals surface area contributed by atoms with Crippen LogP contribution in [-0.2, 0) is 14.3 Å². The summed E-state index contributed by atoms with van der Waals surface area (Å²) in [6.45, 7) is 3.31. The summed E-state index contributed by atoms with van der Waals surface area (Å²) in [7, 11) is 0. The highest BCUT2D eigenvalue weighted by Crippen LogP contribution is 2.14. The Morgan fingerprint density at radius 1 is 1.29 bits per heavy atom. The van der Waals surface area contributed by atoms with Gasteiger partial charge in [-0.15, -0.1) is 0 Å². The van der Waals surface area contributed by atoms with Crippen molar-refractivity contribution in [3.63, 3.8) is 0 Å². The molecule has 3 nitrogen and oxygen atoms in total. The molecule has 0 N–H and O–H groups in total. The van der Waals surface area contributed by atoms with Crippen LogP contribution in [0.15, 0.2) is 34.3 Å². The van der Waals surface area contributed by atoms with E-state index in [9.17, 15) is 9.59 Å². The Bertz CT molecular complexity index is 446. The number of ketones is 1. The Labute approximate surface area is 109 Å². The number of hydrogen-bond donors (Lipinski definition) is 0. The molecule has 0 radical (unpaired) electrons. The van der Waals surface area contributed by atoms with Crippen molar-refractivity contribution < 1.29 is 14.3 Å². The van der Waals surface area contributed by atoms with Crippen LogP contribution < -0.4 is 0 Å². The Balaban J connectivity index is 3.02. The molecule has 0 heterocycles. The van der Waals surface area contributed by atoms with E-state index in [1.54, 1.807) is 6.92 Å². The second kappa shape index (κ2) is 6.35. The van der Waals surface area contributed by atoms with Crippen molar-refractivity contribution >= 4 is 33.8 Å². The molecule has 1 aromatic carbocycles. The lowest BCUT2D eigenvalue weighted by Crippen LogP contribution is -2.13. The Morgan fingerprint density at radius 2 is 1.88 bits per heavy atom. The van der Waals surface area contributed by atoms with Crippen molar-refractivity contribution in [1.29, 1.82) is 0 Å². The van der Waals surface area contributed by atoms with E-state index < -0.39 is 5.97 Å². The fourth-order valence-electron chi connectivity index (χ4n) is 1.24. The average Bonchev–Trinajstić information content (AvgIpc) is 2.28. The number of benzene rings is 1. The van der Waals surface area contributed by atoms with Crippen LogP contribution in [-0.4, -0.2) is 18.4 Å². The molecule has 1 aromatic rings. The molecule has 1 rings (SSSR count). The van der Waals surface area contributed by atoms with Crippen LogP contribution in [0.3, 0.4) is 0 Å². The summed E-state index contributed by atoms with van der Waals surface area (Å²) in [5.41, 5.74) is 0.848. The third-order valence-electron chi connectivity index (χ3n) is 2.06. The Hall–Kier alpha value is -1.42. The third-order valence-corrected chi connectivity index (χ3v) is 2.58. The molecule has 0 amide bonds. The zero-order valence-electron chi connectivity index (χ0n) is 9.70. The smallest absolute Gasteiger partial charge is 0.341 e. The number of halogens is 1. The van der Waals surface area contributed by atoms with Gasteiger partial charge in [-0.25, -0.2) is 4.79 Å². The minimum absolute atomic E-state index is 0.0640. The van der Waals surface area contributed by atoms with Crippen molar-refractivity contribution in [2.75, 3.05) is 6.61 Å². The van der Waals surface area contributed by atoms with E-state index in [2.05, 4.69) is 15.9 Å². The fourth-order valence-corrected chi connectivity index (χ4v) is 1.50. The molecule has 0 atom stereocenters. The third kappa shape index (κ3) is 4.15. The SMILES string of the molecule is CCOC(=O)/C(=C\c1ccc(Br)cc1)C(C)=O. The predicted molar refractivity (Wildman–Crippen MR) is 69.4 cm³/mol. The van der Waals surface area contributed by atoms with E-state index in [1.165, 1.54) is 13.0 Å². The van der Waals surface area contributed by atoms with Crippen LogP contribution in [0.5, 0.6) is 0 Å². The Morgan fingerprint density at radius 3 is 2.35 bits per heavy atom. The standard InChI is InChI=1S/C13H13BrO3/c1-3-17-13(16)12(9(2)15)8-10-4-6-11(14)7-5-10/h4-8H,3H2,1-2H3/b12-8-. The van der Waals surface area contributed by atoms with E-state index in [-0.39, 0.29) is 18.0 Å². The molecule has 0 bridgehead atoms. The maximum Gasteiger partial charge on any atom is 0.341 e. The second-order valence-electron chi connectivity index (χ2n) is 3.39. The van der Waals surface area contributed by atoms with Gasteiger partial charge < -0.3 is 4.74 Å². The first kappa shape index (κ1) is 13.6. The zero-order chi connectivity index (χ0) is 12.8. The van der Waals surface area contributed by atoms with Crippen molar-refractivity contribution in [1.82, 2.24) is 0 Å². The van der Waals surface area contributed by atoms with E-state index >= 15 is 0 Å². The normalized spacial score (nSPS) is 11.1. The van der Waals surface area contributed by atoms with Crippen LogP contribution >= 0.6 is 15.9 Å². The highest BCUT2D eigenvalue weighted by molar-refractivity contribution is 9.10. The van der Waals surface area contributed by atoms with Gasteiger partial charge in [-0.3, -0.25) is 4.79 Å². The first-order chi connectivity index (χ1) is 8.04. The van der Waals surface area contributed by atoms with Crippen molar-refractivity contribution in [3.05, 3.63) is 39.9 Å². The molecule has 90 valence electrons. The molecular weight excluding hydrogens is 284 g/mol. The predicted octanol–water partition coefficient (Wildman–Crippen LogP) is 2.98. The van der Waals surface area contributed by atoms with E-state index in [1.807, 2.05) is 24.3 Å². The molecule has 0 aliphatic carbocycles. The lowest BCUT2D eigenvalue weighted by Gasteiger charge is -2.03. The summed E-state index contributed by atoms with van der Waals surface area (Å²) >= 11 is 3.32. The van der Waals surface area contributed by atoms with Gasteiger partial charge in [0.2, 0.25) is 0 Å². The van der Waals surface area contributed by atoms with Crippen LogP contribution in [0, 0.1) is 0 Å². The van der Waals surface area contributed by atoms with Gasteiger partial charge in [0.1, 0.15) is 5.57 Å². The van der Waals surface area contributed by atoms with Crippen LogP contribution in [0.25, 0.3) is 6.08 Å². The van der Waals surface area contributed by atoms with Gasteiger partial charge in [0, 0.05) is 4.47 Å². The molecular formula is C13H13BrO3. The van der Waals surface area contributed by atoms with Crippen molar-refractivity contribution in [2.45, 2.75) is 13.8 Å². The van der Waals surface area contributed by atoms with Gasteiger partial charge in [-0.05, 0) is 37.6 Å².